The van der Waals surface area contributed by atoms with E-state index in [-0.39, 0.29) is 5.78 Å². The Balaban J connectivity index is 1.25. The lowest BCUT2D eigenvalue weighted by Crippen LogP contribution is -2.19. The van der Waals surface area contributed by atoms with E-state index in [1.54, 1.807) is 0 Å². The molecule has 2 nitrogen and oxygen atoms in total. The Bertz CT molecular complexity index is 1740. The molecule has 0 aromatic heterocycles. The van der Waals surface area contributed by atoms with E-state index in [0.29, 0.717) is 36.0 Å². The van der Waals surface area contributed by atoms with Crippen LogP contribution in [-0.4, -0.2) is 5.78 Å². The minimum Gasteiger partial charge on any atom is -0.310 e. The van der Waals surface area contributed by atoms with Crippen molar-refractivity contribution in [1.29, 1.82) is 0 Å². The van der Waals surface area contributed by atoms with Crippen LogP contribution in [-0.2, 0) is 25.4 Å². The zero-order valence-corrected chi connectivity index (χ0v) is 21.5. The maximum absolute atomic E-state index is 13.3. The van der Waals surface area contributed by atoms with Crippen LogP contribution in [0.2, 0.25) is 0 Å². The molecule has 7 rings (SSSR count). The molecule has 5 aromatic rings. The highest BCUT2D eigenvalue weighted by Crippen LogP contribution is 2.40. The summed E-state index contributed by atoms with van der Waals surface area (Å²) in [6.45, 7) is 0. The molecular weight excluding hydrogens is 507 g/mol. The first-order valence-electron chi connectivity index (χ1n) is 13.3. The van der Waals surface area contributed by atoms with E-state index in [1.807, 2.05) is 48.5 Å². The smallest absolute Gasteiger partial charge is 0.310 e. The second-order valence-electron chi connectivity index (χ2n) is 10.5. The predicted octanol–water partition coefficient (Wildman–Crippen LogP) is 8.81. The summed E-state index contributed by atoms with van der Waals surface area (Å²) in [6, 6.07) is 34.5. The molecule has 2 aliphatic rings. The molecule has 0 atom stereocenters. The number of alkyl halides is 3. The fraction of sp³-hybridized carbons (Fsp3) is 0.114. The first-order chi connectivity index (χ1) is 19.3. The molecule has 0 fully saturated rings. The van der Waals surface area contributed by atoms with Gasteiger partial charge in [0.15, 0.2) is 5.78 Å². The standard InChI is InChI=1S/C35H24F3NO/c36-35(37,38)28-12-14-32-27(19-28)18-26-17-23-16-24-20-31(13-11-22(24)15-25(23)21-33(26)34(32)40)39(29-7-3-1-4-8-29)30-9-5-2-6-10-30/h1-14,17,19-21H,15-16,18H2. The van der Waals surface area contributed by atoms with Crippen molar-refractivity contribution < 1.29 is 18.0 Å². The number of halogens is 3. The SMILES string of the molecule is O=C1c2ccc(C(F)(F)F)cc2Cc2cc3c(cc21)Cc1ccc(N(c2ccccc2)c2ccccc2)cc1C3. The van der Waals surface area contributed by atoms with Gasteiger partial charge in [0.25, 0.3) is 0 Å². The van der Waals surface area contributed by atoms with Crippen LogP contribution in [0, 0.1) is 0 Å². The summed E-state index contributed by atoms with van der Waals surface area (Å²) in [5, 5.41) is 0. The fourth-order valence-electron chi connectivity index (χ4n) is 6.02. The van der Waals surface area contributed by atoms with Crippen molar-refractivity contribution in [3.8, 4) is 0 Å². The van der Waals surface area contributed by atoms with Crippen LogP contribution in [0.3, 0.4) is 0 Å². The van der Waals surface area contributed by atoms with Crippen molar-refractivity contribution in [2.45, 2.75) is 25.4 Å². The van der Waals surface area contributed by atoms with Crippen LogP contribution < -0.4 is 4.90 Å². The summed E-state index contributed by atoms with van der Waals surface area (Å²) >= 11 is 0. The molecule has 0 unspecified atom stereocenters. The molecular formula is C35H24F3NO. The normalized spacial score (nSPS) is 13.6. The topological polar surface area (TPSA) is 20.3 Å². The maximum Gasteiger partial charge on any atom is 0.416 e. The average Bonchev–Trinajstić information content (AvgIpc) is 2.96. The van der Waals surface area contributed by atoms with Crippen LogP contribution in [0.25, 0.3) is 0 Å². The van der Waals surface area contributed by atoms with E-state index >= 15 is 0 Å². The number of nitrogens with zero attached hydrogens (tertiary/aromatic N) is 1. The minimum absolute atomic E-state index is 0.199. The van der Waals surface area contributed by atoms with Crippen molar-refractivity contribution >= 4 is 22.8 Å². The number of fused-ring (bicyclic) bond motifs is 4. The molecule has 5 aromatic carbocycles. The van der Waals surface area contributed by atoms with Crippen LogP contribution in [0.1, 0.15) is 54.9 Å². The van der Waals surface area contributed by atoms with Gasteiger partial charge in [-0.1, -0.05) is 54.6 Å². The number of carbonyl (C=O) groups is 1. The summed E-state index contributed by atoms with van der Waals surface area (Å²) in [5.41, 5.74) is 9.32. The number of benzene rings is 5. The number of para-hydroxylation sites is 2. The summed E-state index contributed by atoms with van der Waals surface area (Å²) in [7, 11) is 0. The van der Waals surface area contributed by atoms with Crippen LogP contribution >= 0.6 is 0 Å². The van der Waals surface area contributed by atoms with E-state index in [2.05, 4.69) is 47.4 Å². The van der Waals surface area contributed by atoms with Crippen molar-refractivity contribution in [2.24, 2.45) is 0 Å². The van der Waals surface area contributed by atoms with Gasteiger partial charge in [0, 0.05) is 28.2 Å². The molecule has 2 aliphatic carbocycles. The molecule has 0 saturated heterocycles. The average molecular weight is 532 g/mol. The molecule has 0 heterocycles. The van der Waals surface area contributed by atoms with Gasteiger partial charge in [0.1, 0.15) is 0 Å². The van der Waals surface area contributed by atoms with Crippen molar-refractivity contribution in [2.75, 3.05) is 4.90 Å². The number of hydrogen-bond acceptors (Lipinski definition) is 2. The van der Waals surface area contributed by atoms with E-state index in [4.69, 9.17) is 0 Å². The van der Waals surface area contributed by atoms with E-state index in [9.17, 15) is 18.0 Å². The molecule has 0 bridgehead atoms. The lowest BCUT2D eigenvalue weighted by atomic mass is 9.78. The highest BCUT2D eigenvalue weighted by molar-refractivity contribution is 6.12. The van der Waals surface area contributed by atoms with E-state index in [0.717, 1.165) is 45.9 Å². The van der Waals surface area contributed by atoms with Gasteiger partial charge in [-0.25, -0.2) is 0 Å². The highest BCUT2D eigenvalue weighted by Gasteiger charge is 2.33. The maximum atomic E-state index is 13.3. The third-order valence-corrected chi connectivity index (χ3v) is 7.97. The van der Waals surface area contributed by atoms with Crippen molar-refractivity contribution in [3.63, 3.8) is 0 Å². The summed E-state index contributed by atoms with van der Waals surface area (Å²) in [4.78, 5) is 15.5. The molecule has 40 heavy (non-hydrogen) atoms. The number of anilines is 3. The number of hydrogen-bond donors (Lipinski definition) is 0. The predicted molar refractivity (Wildman–Crippen MR) is 151 cm³/mol. The summed E-state index contributed by atoms with van der Waals surface area (Å²) in [5.74, 6) is -0.199. The molecule has 196 valence electrons. The van der Waals surface area contributed by atoms with Gasteiger partial charge in [-0.15, -0.1) is 0 Å². The molecule has 0 spiro atoms. The Labute approximate surface area is 230 Å². The van der Waals surface area contributed by atoms with Crippen LogP contribution in [0.4, 0.5) is 30.2 Å². The number of rotatable bonds is 3. The van der Waals surface area contributed by atoms with E-state index in [1.165, 1.54) is 17.2 Å². The van der Waals surface area contributed by atoms with Crippen LogP contribution in [0.5, 0.6) is 0 Å². The minimum atomic E-state index is -4.44. The Kier molecular flexibility index (Phi) is 5.63. The van der Waals surface area contributed by atoms with Gasteiger partial charge in [-0.3, -0.25) is 4.79 Å². The lowest BCUT2D eigenvalue weighted by Gasteiger charge is -2.29. The Morgan fingerprint density at radius 2 is 1.07 bits per heavy atom. The van der Waals surface area contributed by atoms with Gasteiger partial charge in [0.2, 0.25) is 0 Å². The first kappa shape index (κ1) is 24.4. The highest BCUT2D eigenvalue weighted by atomic mass is 19.4. The Morgan fingerprint density at radius 3 is 1.75 bits per heavy atom. The number of ketones is 1. The monoisotopic (exact) mass is 531 g/mol. The second-order valence-corrected chi connectivity index (χ2v) is 10.5. The van der Waals surface area contributed by atoms with Crippen LogP contribution in [0.15, 0.2) is 109 Å². The largest absolute Gasteiger partial charge is 0.416 e. The fourth-order valence-corrected chi connectivity index (χ4v) is 6.02. The Hall–Kier alpha value is -4.64. The number of carbonyl (C=O) groups excluding carboxylic acids is 1. The zero-order valence-electron chi connectivity index (χ0n) is 21.5. The molecule has 0 saturated carbocycles. The molecule has 0 aliphatic heterocycles. The van der Waals surface area contributed by atoms with Gasteiger partial charge >= 0.3 is 6.18 Å². The van der Waals surface area contributed by atoms with Gasteiger partial charge in [-0.05, 0) is 107 Å². The van der Waals surface area contributed by atoms with Crippen molar-refractivity contribution in [1.82, 2.24) is 0 Å². The Morgan fingerprint density at radius 1 is 0.500 bits per heavy atom. The molecule has 5 heteroatoms. The third kappa shape index (κ3) is 4.19. The van der Waals surface area contributed by atoms with Gasteiger partial charge < -0.3 is 4.90 Å². The second kappa shape index (κ2) is 9.23. The molecule has 0 amide bonds. The molecule has 0 radical (unpaired) electrons. The van der Waals surface area contributed by atoms with E-state index < -0.39 is 11.7 Å². The third-order valence-electron chi connectivity index (χ3n) is 7.97. The zero-order chi connectivity index (χ0) is 27.4. The summed E-state index contributed by atoms with van der Waals surface area (Å²) < 4.78 is 40.0. The quantitative estimate of drug-likeness (QED) is 0.227. The van der Waals surface area contributed by atoms with Crippen molar-refractivity contribution in [3.05, 3.63) is 159 Å². The van der Waals surface area contributed by atoms with Gasteiger partial charge in [0.05, 0.1) is 5.56 Å². The lowest BCUT2D eigenvalue weighted by molar-refractivity contribution is -0.137. The molecule has 0 N–H and O–H groups in total. The summed E-state index contributed by atoms with van der Waals surface area (Å²) in [6.07, 6.45) is -2.71. The first-order valence-corrected chi connectivity index (χ1v) is 13.3. The van der Waals surface area contributed by atoms with Gasteiger partial charge in [-0.2, -0.15) is 13.2 Å².